The predicted molar refractivity (Wildman–Crippen MR) is 94.1 cm³/mol. The van der Waals surface area contributed by atoms with Gasteiger partial charge in [-0.2, -0.15) is 10.2 Å². The molecule has 3 rings (SSSR count). The summed E-state index contributed by atoms with van der Waals surface area (Å²) in [7, 11) is 0. The summed E-state index contributed by atoms with van der Waals surface area (Å²) in [6, 6.07) is 21.1. The van der Waals surface area contributed by atoms with Crippen molar-refractivity contribution in [3.8, 4) is 11.5 Å². The van der Waals surface area contributed by atoms with Crippen LogP contribution >= 0.6 is 0 Å². The lowest BCUT2D eigenvalue weighted by Gasteiger charge is -1.99. The molecule has 0 fully saturated rings. The lowest BCUT2D eigenvalue weighted by molar-refractivity contribution is 0.450. The number of phenolic OH excluding ortho intramolecular Hbond substituents is 2. The van der Waals surface area contributed by atoms with E-state index in [1.807, 2.05) is 54.6 Å². The maximum Gasteiger partial charge on any atom is 0.128 e. The minimum atomic E-state index is -0.0213. The zero-order valence-corrected chi connectivity index (χ0v) is 12.7. The van der Waals surface area contributed by atoms with Gasteiger partial charge in [-0.1, -0.05) is 18.2 Å². The largest absolute Gasteiger partial charge is 0.508 e. The fourth-order valence-corrected chi connectivity index (χ4v) is 2.00. The molecule has 0 unspecified atom stereocenters. The van der Waals surface area contributed by atoms with Gasteiger partial charge in [-0.05, 0) is 48.5 Å². The molecule has 0 saturated heterocycles. The van der Waals surface area contributed by atoms with Crippen LogP contribution in [0.3, 0.4) is 0 Å². The Labute approximate surface area is 139 Å². The molecule has 0 saturated carbocycles. The van der Waals surface area contributed by atoms with E-state index >= 15 is 0 Å². The van der Waals surface area contributed by atoms with Crippen molar-refractivity contribution < 1.29 is 10.2 Å². The Morgan fingerprint density at radius 1 is 0.667 bits per heavy atom. The summed E-state index contributed by atoms with van der Waals surface area (Å²) in [6.07, 6.45) is 1.54. The van der Waals surface area contributed by atoms with E-state index in [0.29, 0.717) is 5.56 Å². The van der Waals surface area contributed by atoms with Crippen molar-refractivity contribution in [2.45, 2.75) is 0 Å². The van der Waals surface area contributed by atoms with E-state index in [0.717, 1.165) is 17.1 Å². The van der Waals surface area contributed by atoms with Crippen molar-refractivity contribution in [3.63, 3.8) is 0 Å². The zero-order valence-electron chi connectivity index (χ0n) is 12.7. The second-order valence-electron chi connectivity index (χ2n) is 5.05. The molecule has 2 N–H and O–H groups in total. The first-order chi connectivity index (χ1) is 11.7. The van der Waals surface area contributed by atoms with Crippen LogP contribution in [0.1, 0.15) is 5.56 Å². The highest BCUT2D eigenvalue weighted by Crippen LogP contribution is 2.23. The number of hydrogen-bond acceptors (Lipinski definition) is 5. The summed E-state index contributed by atoms with van der Waals surface area (Å²) in [6.45, 7) is 0. The van der Waals surface area contributed by atoms with Crippen molar-refractivity contribution in [2.24, 2.45) is 15.2 Å². The third kappa shape index (κ3) is 4.04. The van der Waals surface area contributed by atoms with E-state index < -0.39 is 0 Å². The molecule has 3 aromatic rings. The van der Waals surface area contributed by atoms with Gasteiger partial charge >= 0.3 is 0 Å². The molecule has 0 spiro atoms. The van der Waals surface area contributed by atoms with Gasteiger partial charge in [0.05, 0.1) is 17.1 Å². The van der Waals surface area contributed by atoms with Crippen LogP contribution in [0.25, 0.3) is 0 Å². The van der Waals surface area contributed by atoms with Gasteiger partial charge in [-0.25, -0.2) is 0 Å². The Morgan fingerprint density at radius 2 is 1.29 bits per heavy atom. The molecule has 0 atom stereocenters. The number of aromatic hydroxyl groups is 2. The van der Waals surface area contributed by atoms with E-state index in [4.69, 9.17) is 0 Å². The quantitative estimate of drug-likeness (QED) is 0.508. The number of hydrogen-bond donors (Lipinski definition) is 2. The Hall–Kier alpha value is -3.47. The van der Waals surface area contributed by atoms with Gasteiger partial charge in [0.25, 0.3) is 0 Å². The third-order valence-electron chi connectivity index (χ3n) is 3.25. The van der Waals surface area contributed by atoms with E-state index in [1.165, 1.54) is 18.3 Å². The highest BCUT2D eigenvalue weighted by Gasteiger charge is 1.99. The van der Waals surface area contributed by atoms with Crippen LogP contribution in [0.5, 0.6) is 11.5 Å². The van der Waals surface area contributed by atoms with Gasteiger partial charge in [-0.3, -0.25) is 4.99 Å². The number of phenols is 2. The molecular weight excluding hydrogens is 302 g/mol. The van der Waals surface area contributed by atoms with E-state index in [2.05, 4.69) is 15.2 Å². The van der Waals surface area contributed by atoms with Crippen molar-refractivity contribution in [2.75, 3.05) is 0 Å². The molecule has 24 heavy (non-hydrogen) atoms. The van der Waals surface area contributed by atoms with Crippen LogP contribution in [0, 0.1) is 0 Å². The number of benzene rings is 3. The Bertz CT molecular complexity index is 873. The topological polar surface area (TPSA) is 77.5 Å². The first-order valence-corrected chi connectivity index (χ1v) is 7.33. The predicted octanol–water partition coefficient (Wildman–Crippen LogP) is 5.26. The van der Waals surface area contributed by atoms with Crippen LogP contribution in [0.15, 0.2) is 88.0 Å². The fraction of sp³-hybridized carbons (Fsp3) is 0. The first kappa shape index (κ1) is 15.4. The second kappa shape index (κ2) is 7.19. The molecule has 5 heteroatoms. The standard InChI is InChI=1S/C19H15N3O2/c23-18-11-6-14(19(24)12-18)13-20-15-7-9-17(10-8-15)22-21-16-4-2-1-3-5-16/h1-13,23-24H. The Balaban J connectivity index is 1.70. The van der Waals surface area contributed by atoms with Crippen LogP contribution in [0.4, 0.5) is 17.1 Å². The van der Waals surface area contributed by atoms with Crippen molar-refractivity contribution >= 4 is 23.3 Å². The molecule has 5 nitrogen and oxygen atoms in total. The molecule has 0 amide bonds. The Morgan fingerprint density at radius 3 is 1.96 bits per heavy atom. The van der Waals surface area contributed by atoms with Gasteiger partial charge in [0.15, 0.2) is 0 Å². The first-order valence-electron chi connectivity index (χ1n) is 7.33. The summed E-state index contributed by atoms with van der Waals surface area (Å²) < 4.78 is 0. The van der Waals surface area contributed by atoms with E-state index in [1.54, 1.807) is 6.07 Å². The monoisotopic (exact) mass is 317 g/mol. The summed E-state index contributed by atoms with van der Waals surface area (Å²) in [5.74, 6) is -0.00943. The maximum absolute atomic E-state index is 9.71. The third-order valence-corrected chi connectivity index (χ3v) is 3.25. The number of aliphatic imine (C=N–C) groups is 1. The van der Waals surface area contributed by atoms with Gasteiger partial charge in [0.1, 0.15) is 11.5 Å². The molecule has 0 aliphatic heterocycles. The lowest BCUT2D eigenvalue weighted by atomic mass is 10.2. The summed E-state index contributed by atoms with van der Waals surface area (Å²) >= 11 is 0. The molecule has 0 aliphatic carbocycles. The minimum absolute atomic E-state index is 0.0118. The highest BCUT2D eigenvalue weighted by atomic mass is 16.3. The minimum Gasteiger partial charge on any atom is -0.508 e. The fourth-order valence-electron chi connectivity index (χ4n) is 2.00. The summed E-state index contributed by atoms with van der Waals surface area (Å²) in [5, 5.41) is 27.3. The molecule has 0 bridgehead atoms. The molecule has 0 heterocycles. The SMILES string of the molecule is Oc1ccc(C=Nc2ccc(N=Nc3ccccc3)cc2)c(O)c1. The maximum atomic E-state index is 9.71. The molecule has 0 radical (unpaired) electrons. The second-order valence-corrected chi connectivity index (χ2v) is 5.05. The van der Waals surface area contributed by atoms with Crippen molar-refractivity contribution in [3.05, 3.63) is 78.4 Å². The van der Waals surface area contributed by atoms with Crippen molar-refractivity contribution in [1.29, 1.82) is 0 Å². The number of azo groups is 1. The molecular formula is C19H15N3O2. The van der Waals surface area contributed by atoms with Crippen LogP contribution < -0.4 is 0 Å². The number of nitrogens with zero attached hydrogens (tertiary/aromatic N) is 3. The van der Waals surface area contributed by atoms with Gasteiger partial charge in [0, 0.05) is 17.8 Å². The average molecular weight is 317 g/mol. The van der Waals surface area contributed by atoms with Crippen LogP contribution in [-0.4, -0.2) is 16.4 Å². The smallest absolute Gasteiger partial charge is 0.128 e. The van der Waals surface area contributed by atoms with Crippen molar-refractivity contribution in [1.82, 2.24) is 0 Å². The van der Waals surface area contributed by atoms with Gasteiger partial charge in [0.2, 0.25) is 0 Å². The Kier molecular flexibility index (Phi) is 4.62. The highest BCUT2D eigenvalue weighted by molar-refractivity contribution is 5.85. The molecule has 3 aromatic carbocycles. The van der Waals surface area contributed by atoms with Gasteiger partial charge < -0.3 is 10.2 Å². The molecule has 118 valence electrons. The van der Waals surface area contributed by atoms with E-state index in [9.17, 15) is 10.2 Å². The lowest BCUT2D eigenvalue weighted by Crippen LogP contribution is -1.81. The van der Waals surface area contributed by atoms with Crippen LogP contribution in [0.2, 0.25) is 0 Å². The molecule has 0 aliphatic rings. The molecule has 0 aromatic heterocycles. The average Bonchev–Trinajstić information content (AvgIpc) is 2.61. The summed E-state index contributed by atoms with van der Waals surface area (Å²) in [5.41, 5.74) is 2.77. The zero-order chi connectivity index (χ0) is 16.8. The van der Waals surface area contributed by atoms with Crippen LogP contribution in [-0.2, 0) is 0 Å². The number of rotatable bonds is 4. The normalized spacial score (nSPS) is 11.3. The van der Waals surface area contributed by atoms with E-state index in [-0.39, 0.29) is 11.5 Å². The summed E-state index contributed by atoms with van der Waals surface area (Å²) in [4.78, 5) is 4.29. The van der Waals surface area contributed by atoms with Gasteiger partial charge in [-0.15, -0.1) is 0 Å².